The zero-order valence-electron chi connectivity index (χ0n) is 22.7. The Balaban J connectivity index is 0.000000653. The summed E-state index contributed by atoms with van der Waals surface area (Å²) < 4.78 is 57.0. The molecule has 10 nitrogen and oxygen atoms in total. The van der Waals surface area contributed by atoms with Gasteiger partial charge in [-0.25, -0.2) is 23.1 Å². The molecule has 226 valence electrons. The highest BCUT2D eigenvalue weighted by Gasteiger charge is 2.38. The molecular formula is C26H33ClF3N4O6P. The number of methoxy groups -OCH3 is 1. The van der Waals surface area contributed by atoms with Gasteiger partial charge in [0.1, 0.15) is 36.4 Å². The van der Waals surface area contributed by atoms with E-state index in [4.69, 9.17) is 35.9 Å². The fraction of sp³-hybridized carbons (Fsp3) is 0.423. The number of rotatable bonds is 10. The highest BCUT2D eigenvalue weighted by Crippen LogP contribution is 2.39. The van der Waals surface area contributed by atoms with Crippen LogP contribution in [0.25, 0.3) is 10.8 Å². The van der Waals surface area contributed by atoms with Crippen molar-refractivity contribution in [3.63, 3.8) is 0 Å². The molecule has 4 atom stereocenters. The van der Waals surface area contributed by atoms with E-state index in [2.05, 4.69) is 10.1 Å². The van der Waals surface area contributed by atoms with Crippen LogP contribution in [0.15, 0.2) is 53.5 Å². The molecule has 2 heterocycles. The number of anilines is 1. The Morgan fingerprint density at radius 1 is 1.27 bits per heavy atom. The summed E-state index contributed by atoms with van der Waals surface area (Å²) in [7, 11) is -0.0650. The summed E-state index contributed by atoms with van der Waals surface area (Å²) in [5, 5.41) is 4.95. The molecule has 41 heavy (non-hydrogen) atoms. The van der Waals surface area contributed by atoms with Gasteiger partial charge in [-0.1, -0.05) is 41.9 Å². The van der Waals surface area contributed by atoms with E-state index in [1.165, 1.54) is 6.20 Å². The van der Waals surface area contributed by atoms with Crippen LogP contribution in [0.4, 0.5) is 19.0 Å². The van der Waals surface area contributed by atoms with Crippen molar-refractivity contribution >= 4 is 43.0 Å². The van der Waals surface area contributed by atoms with Crippen molar-refractivity contribution in [3.05, 3.63) is 64.2 Å². The van der Waals surface area contributed by atoms with Crippen LogP contribution >= 0.6 is 20.1 Å². The first-order valence-corrected chi connectivity index (χ1v) is 13.9. The van der Waals surface area contributed by atoms with Crippen LogP contribution in [0, 0.1) is 0 Å². The number of nitrogens with two attached hydrogens (primary N) is 1. The average Bonchev–Trinajstić information content (AvgIpc) is 3.32. The van der Waals surface area contributed by atoms with Crippen molar-refractivity contribution < 1.29 is 36.5 Å². The molecule has 1 saturated heterocycles. The van der Waals surface area contributed by atoms with Gasteiger partial charge in [0.05, 0.1) is 24.3 Å². The van der Waals surface area contributed by atoms with Gasteiger partial charge in [-0.2, -0.15) is 4.98 Å². The number of halogens is 4. The number of nitrogens with one attached hydrogen (secondary N) is 1. The first-order valence-electron chi connectivity index (χ1n) is 12.4. The number of ether oxygens (including phenoxy) is 2. The van der Waals surface area contributed by atoms with Gasteiger partial charge in [0.25, 0.3) is 0 Å². The van der Waals surface area contributed by atoms with E-state index in [0.29, 0.717) is 18.1 Å². The smallest absolute Gasteiger partial charge is 0.351 e. The molecule has 0 bridgehead atoms. The van der Waals surface area contributed by atoms with Gasteiger partial charge in [-0.05, 0) is 36.8 Å². The number of aldehydes is 1. The monoisotopic (exact) mass is 620 g/mol. The largest absolute Gasteiger partial charge is 0.436 e. The SMILES string of the molecule is COC(C)C.FCF.Nc1nc(=O)n(C2CC(F)C(COP(NCC=O)Oc3ccc4ccccc4c3)O2)cc1Cl. The Morgan fingerprint density at radius 2 is 1.93 bits per heavy atom. The van der Waals surface area contributed by atoms with E-state index < -0.39 is 39.6 Å². The van der Waals surface area contributed by atoms with Crippen LogP contribution in [0.5, 0.6) is 5.75 Å². The number of nitrogen functional groups attached to an aromatic ring is 1. The number of nitrogens with zero attached hydrogens (tertiary/aromatic N) is 2. The highest BCUT2D eigenvalue weighted by atomic mass is 35.5. The van der Waals surface area contributed by atoms with E-state index in [-0.39, 0.29) is 30.4 Å². The number of carbonyl (C=O) groups excluding carboxylic acids is 1. The van der Waals surface area contributed by atoms with Crippen LogP contribution in [0.2, 0.25) is 5.02 Å². The van der Waals surface area contributed by atoms with Gasteiger partial charge in [-0.3, -0.25) is 4.57 Å². The second-order valence-electron chi connectivity index (χ2n) is 8.61. The Labute approximate surface area is 241 Å². The first kappa shape index (κ1) is 34.4. The van der Waals surface area contributed by atoms with Crippen molar-refractivity contribution in [2.75, 3.05) is 32.9 Å². The second kappa shape index (κ2) is 17.9. The minimum Gasteiger partial charge on any atom is -0.436 e. The van der Waals surface area contributed by atoms with Gasteiger partial charge in [0.2, 0.25) is 6.93 Å². The molecule has 1 aliphatic rings. The van der Waals surface area contributed by atoms with E-state index in [0.717, 1.165) is 15.3 Å². The molecule has 1 aliphatic heterocycles. The van der Waals surface area contributed by atoms with Crippen molar-refractivity contribution in [1.29, 1.82) is 0 Å². The molecule has 1 fully saturated rings. The van der Waals surface area contributed by atoms with Crippen LogP contribution in [-0.2, 0) is 18.8 Å². The zero-order valence-corrected chi connectivity index (χ0v) is 24.4. The normalized spacial score (nSPS) is 18.7. The van der Waals surface area contributed by atoms with Crippen LogP contribution in [0.3, 0.4) is 0 Å². The highest BCUT2D eigenvalue weighted by molar-refractivity contribution is 7.45. The van der Waals surface area contributed by atoms with Gasteiger partial charge < -0.3 is 29.0 Å². The maximum absolute atomic E-state index is 14.6. The zero-order chi connectivity index (χ0) is 30.4. The van der Waals surface area contributed by atoms with Gasteiger partial charge >= 0.3 is 14.2 Å². The van der Waals surface area contributed by atoms with Gasteiger partial charge in [0.15, 0.2) is 0 Å². The van der Waals surface area contributed by atoms with Crippen LogP contribution < -0.4 is 21.0 Å². The molecule has 4 rings (SSSR count). The molecule has 2 aromatic carbocycles. The van der Waals surface area contributed by atoms with E-state index in [9.17, 15) is 22.8 Å². The Hall–Kier alpha value is -2.80. The summed E-state index contributed by atoms with van der Waals surface area (Å²) >= 11 is 5.93. The lowest BCUT2D eigenvalue weighted by atomic mass is 10.1. The number of benzene rings is 2. The van der Waals surface area contributed by atoms with Crippen molar-refractivity contribution in [1.82, 2.24) is 14.6 Å². The minimum atomic E-state index is -1.76. The van der Waals surface area contributed by atoms with E-state index in [1.54, 1.807) is 13.2 Å². The molecule has 0 saturated carbocycles. The minimum absolute atomic E-state index is 0.00249. The number of carbonyl (C=O) groups is 1. The Morgan fingerprint density at radius 3 is 2.56 bits per heavy atom. The number of aromatic nitrogens is 2. The lowest BCUT2D eigenvalue weighted by molar-refractivity contribution is -0.107. The maximum Gasteiger partial charge on any atom is 0.351 e. The molecule has 1 aromatic heterocycles. The summed E-state index contributed by atoms with van der Waals surface area (Å²) in [4.78, 5) is 26.5. The Bertz CT molecular complexity index is 1290. The predicted molar refractivity (Wildman–Crippen MR) is 152 cm³/mol. The van der Waals surface area contributed by atoms with E-state index in [1.807, 2.05) is 50.2 Å². The fourth-order valence-corrected chi connectivity index (χ4v) is 4.52. The molecule has 0 spiro atoms. The molecule has 3 aromatic rings. The molecule has 15 heteroatoms. The molecule has 3 N–H and O–H groups in total. The summed E-state index contributed by atoms with van der Waals surface area (Å²) in [5.41, 5.74) is 4.83. The van der Waals surface area contributed by atoms with Crippen LogP contribution in [0.1, 0.15) is 26.5 Å². The number of hydrogen-bond donors (Lipinski definition) is 2. The second-order valence-corrected chi connectivity index (χ2v) is 10.3. The van der Waals surface area contributed by atoms with Gasteiger partial charge in [0, 0.05) is 19.7 Å². The maximum atomic E-state index is 14.6. The molecular weight excluding hydrogens is 588 g/mol. The molecule has 4 unspecified atom stereocenters. The predicted octanol–water partition coefficient (Wildman–Crippen LogP) is 5.29. The van der Waals surface area contributed by atoms with Crippen molar-refractivity contribution in [2.24, 2.45) is 0 Å². The van der Waals surface area contributed by atoms with Crippen LogP contribution in [-0.4, -0.2) is 61.4 Å². The van der Waals surface area contributed by atoms with E-state index >= 15 is 0 Å². The molecule has 0 amide bonds. The van der Waals surface area contributed by atoms with Gasteiger partial charge in [-0.15, -0.1) is 0 Å². The summed E-state index contributed by atoms with van der Waals surface area (Å²) in [6, 6.07) is 13.3. The third-order valence-electron chi connectivity index (χ3n) is 5.45. The first-order chi connectivity index (χ1) is 19.6. The topological polar surface area (TPSA) is 127 Å². The number of fused-ring (bicyclic) bond motifs is 1. The summed E-state index contributed by atoms with van der Waals surface area (Å²) in [6.45, 7) is 2.09. The Kier molecular flexibility index (Phi) is 15.0. The summed E-state index contributed by atoms with van der Waals surface area (Å²) in [5.74, 6) is 0.430. The molecule has 0 aliphatic carbocycles. The number of hydrogen-bond acceptors (Lipinski definition) is 9. The lowest BCUT2D eigenvalue weighted by Gasteiger charge is -2.21. The quantitative estimate of drug-likeness (QED) is 0.229. The third-order valence-corrected chi connectivity index (χ3v) is 6.94. The molecule has 0 radical (unpaired) electrons. The standard InChI is InChI=1S/C21H21ClFN4O5P.C4H10O.CH2F2/c22-16-11-27(21(29)26-20(16)24)19-10-17(23)18(31-19)12-30-33(25-7-8-28)32-15-6-5-13-3-1-2-4-14(13)9-15;1-4(2)5-3;2-1-3/h1-6,8-9,11,17-19,25H,7,10,12H2,(H2,24,26,29);4H,1-3H3;1H2. The fourth-order valence-electron chi connectivity index (χ4n) is 3.35. The summed E-state index contributed by atoms with van der Waals surface area (Å²) in [6.07, 6.45) is -1.01. The number of alkyl halides is 3. The average molecular weight is 621 g/mol. The van der Waals surface area contributed by atoms with Crippen molar-refractivity contribution in [2.45, 2.75) is 44.9 Å². The third kappa shape index (κ3) is 11.2. The lowest BCUT2D eigenvalue weighted by Crippen LogP contribution is -2.28. The van der Waals surface area contributed by atoms with Crippen molar-refractivity contribution in [3.8, 4) is 5.75 Å².